The fourth-order valence-corrected chi connectivity index (χ4v) is 2.50. The van der Waals surface area contributed by atoms with Gasteiger partial charge in [-0.2, -0.15) is 0 Å². The number of nitrogens with zero attached hydrogens (tertiary/aromatic N) is 3. The van der Waals surface area contributed by atoms with Gasteiger partial charge in [0.25, 0.3) is 0 Å². The van der Waals surface area contributed by atoms with Crippen molar-refractivity contribution in [2.75, 3.05) is 7.11 Å². The van der Waals surface area contributed by atoms with Crippen LogP contribution in [0.4, 0.5) is 0 Å². The molecule has 3 rings (SSSR count). The van der Waals surface area contributed by atoms with E-state index < -0.39 is 0 Å². The monoisotopic (exact) mass is 307 g/mol. The highest BCUT2D eigenvalue weighted by molar-refractivity contribution is 5.73. The third-order valence-electron chi connectivity index (χ3n) is 3.70. The van der Waals surface area contributed by atoms with E-state index in [0.29, 0.717) is 12.1 Å². The summed E-state index contributed by atoms with van der Waals surface area (Å²) in [5.41, 5.74) is 3.22. The number of carbonyl (C=O) groups excluding carboxylic acids is 1. The van der Waals surface area contributed by atoms with E-state index in [0.717, 1.165) is 29.8 Å². The second kappa shape index (κ2) is 6.87. The van der Waals surface area contributed by atoms with Crippen LogP contribution >= 0.6 is 0 Å². The third-order valence-corrected chi connectivity index (χ3v) is 3.70. The molecule has 5 nitrogen and oxygen atoms in total. The van der Waals surface area contributed by atoms with Crippen molar-refractivity contribution < 1.29 is 9.53 Å². The Kier molecular flexibility index (Phi) is 4.47. The number of rotatable bonds is 6. The molecule has 5 heteroatoms. The van der Waals surface area contributed by atoms with Crippen molar-refractivity contribution in [3.63, 3.8) is 0 Å². The number of ether oxygens (including phenoxy) is 1. The van der Waals surface area contributed by atoms with Crippen molar-refractivity contribution in [1.29, 1.82) is 0 Å². The number of benzene rings is 2. The molecule has 0 aliphatic carbocycles. The minimum absolute atomic E-state index is 0.378. The molecule has 0 atom stereocenters. The first-order valence-electron chi connectivity index (χ1n) is 7.40. The molecular weight excluding hydrogens is 290 g/mol. The molecule has 23 heavy (non-hydrogen) atoms. The Balaban J connectivity index is 1.92. The van der Waals surface area contributed by atoms with Crippen LogP contribution in [-0.4, -0.2) is 28.4 Å². The lowest BCUT2D eigenvalue weighted by molar-refractivity contribution is 0.111. The molecule has 0 aliphatic rings. The zero-order chi connectivity index (χ0) is 16.1. The summed E-state index contributed by atoms with van der Waals surface area (Å²) in [7, 11) is 1.62. The summed E-state index contributed by atoms with van der Waals surface area (Å²) >= 11 is 0. The fraction of sp³-hybridized carbons (Fsp3) is 0.167. The summed E-state index contributed by atoms with van der Waals surface area (Å²) in [4.78, 5) is 11.3. The van der Waals surface area contributed by atoms with E-state index in [2.05, 4.69) is 22.4 Å². The predicted molar refractivity (Wildman–Crippen MR) is 87.1 cm³/mol. The summed E-state index contributed by atoms with van der Waals surface area (Å²) in [6, 6.07) is 17.7. The van der Waals surface area contributed by atoms with E-state index in [1.807, 2.05) is 42.5 Å². The van der Waals surface area contributed by atoms with Gasteiger partial charge >= 0.3 is 0 Å². The van der Waals surface area contributed by atoms with Crippen LogP contribution in [-0.2, 0) is 12.8 Å². The molecule has 0 fully saturated rings. The number of aldehydes is 1. The normalized spacial score (nSPS) is 10.5. The number of hydrogen-bond acceptors (Lipinski definition) is 4. The molecule has 3 aromatic rings. The van der Waals surface area contributed by atoms with Crippen LogP contribution < -0.4 is 4.74 Å². The second-order valence-electron chi connectivity index (χ2n) is 5.14. The topological polar surface area (TPSA) is 57.0 Å². The van der Waals surface area contributed by atoms with E-state index in [-0.39, 0.29) is 0 Å². The molecule has 0 radical (unpaired) electrons. The lowest BCUT2D eigenvalue weighted by Crippen LogP contribution is -2.05. The third kappa shape index (κ3) is 3.29. The van der Waals surface area contributed by atoms with Gasteiger partial charge in [-0.3, -0.25) is 4.79 Å². The molecule has 0 unspecified atom stereocenters. The first kappa shape index (κ1) is 15.0. The standard InChI is InChI=1S/C18H17N3O2/c1-23-16-9-5-8-15(12-16)21-18(17(13-22)19-20-21)11-10-14-6-3-2-4-7-14/h2-9,12-13H,10-11H2,1H3. The van der Waals surface area contributed by atoms with Gasteiger partial charge in [-0.1, -0.05) is 41.6 Å². The minimum Gasteiger partial charge on any atom is -0.497 e. The Bertz CT molecular complexity index is 797. The number of aromatic nitrogens is 3. The number of aryl methyl sites for hydroxylation is 1. The smallest absolute Gasteiger partial charge is 0.172 e. The molecule has 0 bridgehead atoms. The van der Waals surface area contributed by atoms with E-state index in [1.54, 1.807) is 11.8 Å². The van der Waals surface area contributed by atoms with Gasteiger partial charge in [0.1, 0.15) is 11.4 Å². The molecule has 2 aromatic carbocycles. The summed E-state index contributed by atoms with van der Waals surface area (Å²) < 4.78 is 6.95. The Morgan fingerprint density at radius 3 is 2.65 bits per heavy atom. The van der Waals surface area contributed by atoms with Crippen LogP contribution in [0.3, 0.4) is 0 Å². The second-order valence-corrected chi connectivity index (χ2v) is 5.14. The first-order valence-corrected chi connectivity index (χ1v) is 7.40. The van der Waals surface area contributed by atoms with Crippen molar-refractivity contribution in [1.82, 2.24) is 15.0 Å². The summed E-state index contributed by atoms with van der Waals surface area (Å²) in [5, 5.41) is 8.11. The molecule has 0 saturated heterocycles. The average Bonchev–Trinajstić information content (AvgIpc) is 3.04. The SMILES string of the molecule is COc1cccc(-n2nnc(C=O)c2CCc2ccccc2)c1. The molecule has 0 saturated carbocycles. The Morgan fingerprint density at radius 2 is 1.91 bits per heavy atom. The van der Waals surface area contributed by atoms with Gasteiger partial charge in [0, 0.05) is 6.07 Å². The molecule has 0 spiro atoms. The van der Waals surface area contributed by atoms with Gasteiger partial charge < -0.3 is 4.74 Å². The van der Waals surface area contributed by atoms with Crippen molar-refractivity contribution in [2.45, 2.75) is 12.8 Å². The molecule has 1 heterocycles. The first-order chi connectivity index (χ1) is 11.3. The van der Waals surface area contributed by atoms with Gasteiger partial charge in [-0.15, -0.1) is 5.10 Å². The van der Waals surface area contributed by atoms with E-state index in [1.165, 1.54) is 5.56 Å². The lowest BCUT2D eigenvalue weighted by Gasteiger charge is -2.08. The van der Waals surface area contributed by atoms with Gasteiger partial charge in [-0.25, -0.2) is 4.68 Å². The van der Waals surface area contributed by atoms with Crippen LogP contribution in [0.1, 0.15) is 21.7 Å². The van der Waals surface area contributed by atoms with Gasteiger partial charge in [-0.05, 0) is 30.5 Å². The highest BCUT2D eigenvalue weighted by atomic mass is 16.5. The van der Waals surface area contributed by atoms with Crippen LogP contribution in [0.15, 0.2) is 54.6 Å². The molecule has 0 N–H and O–H groups in total. The highest BCUT2D eigenvalue weighted by Gasteiger charge is 2.14. The largest absolute Gasteiger partial charge is 0.497 e. The van der Waals surface area contributed by atoms with E-state index >= 15 is 0 Å². The highest BCUT2D eigenvalue weighted by Crippen LogP contribution is 2.19. The molecule has 0 amide bonds. The zero-order valence-electron chi connectivity index (χ0n) is 12.8. The maximum absolute atomic E-state index is 11.3. The van der Waals surface area contributed by atoms with Crippen LogP contribution in [0.2, 0.25) is 0 Å². The fourth-order valence-electron chi connectivity index (χ4n) is 2.50. The lowest BCUT2D eigenvalue weighted by atomic mass is 10.1. The predicted octanol–water partition coefficient (Wildman–Crippen LogP) is 2.87. The van der Waals surface area contributed by atoms with Crippen molar-refractivity contribution in [3.05, 3.63) is 71.5 Å². The van der Waals surface area contributed by atoms with Crippen LogP contribution in [0.5, 0.6) is 5.75 Å². The quantitative estimate of drug-likeness (QED) is 0.657. The van der Waals surface area contributed by atoms with Gasteiger partial charge in [0.15, 0.2) is 6.29 Å². The van der Waals surface area contributed by atoms with E-state index in [4.69, 9.17) is 4.74 Å². The van der Waals surface area contributed by atoms with E-state index in [9.17, 15) is 4.79 Å². The Morgan fingerprint density at radius 1 is 1.09 bits per heavy atom. The maximum Gasteiger partial charge on any atom is 0.172 e. The zero-order valence-corrected chi connectivity index (χ0v) is 12.8. The maximum atomic E-state index is 11.3. The summed E-state index contributed by atoms with van der Waals surface area (Å²) in [5.74, 6) is 0.736. The molecule has 1 aromatic heterocycles. The average molecular weight is 307 g/mol. The Labute approximate surface area is 134 Å². The van der Waals surface area contributed by atoms with Crippen molar-refractivity contribution in [2.24, 2.45) is 0 Å². The molecular formula is C18H17N3O2. The summed E-state index contributed by atoms with van der Waals surface area (Å²) in [6.45, 7) is 0. The number of hydrogen-bond donors (Lipinski definition) is 0. The minimum atomic E-state index is 0.378. The van der Waals surface area contributed by atoms with Gasteiger partial charge in [0.05, 0.1) is 18.5 Å². The molecule has 116 valence electrons. The Hall–Kier alpha value is -2.95. The van der Waals surface area contributed by atoms with Crippen LogP contribution in [0, 0.1) is 0 Å². The number of carbonyl (C=O) groups is 1. The van der Waals surface area contributed by atoms with Crippen LogP contribution in [0.25, 0.3) is 5.69 Å². The van der Waals surface area contributed by atoms with Crippen molar-refractivity contribution >= 4 is 6.29 Å². The molecule has 0 aliphatic heterocycles. The number of methoxy groups -OCH3 is 1. The van der Waals surface area contributed by atoms with Crippen molar-refractivity contribution in [3.8, 4) is 11.4 Å². The summed E-state index contributed by atoms with van der Waals surface area (Å²) in [6.07, 6.45) is 2.26. The van der Waals surface area contributed by atoms with Gasteiger partial charge in [0.2, 0.25) is 0 Å².